The number of furan rings is 1. The standard InChI is InChI=1S/C17H22N4O2S/c1-11(12-4-5-12)18-15(22)10-24-17-20-19-16(13-6-7-13)21(17)9-14-3-2-8-23-14/h2-3,8,11-13H,4-7,9-10H2,1H3,(H,18,22). The first kappa shape index (κ1) is 15.7. The Morgan fingerprint density at radius 1 is 1.42 bits per heavy atom. The molecular formula is C17H22N4O2S. The summed E-state index contributed by atoms with van der Waals surface area (Å²) >= 11 is 1.45. The Hall–Kier alpha value is -1.76. The molecule has 2 heterocycles. The lowest BCUT2D eigenvalue weighted by Crippen LogP contribution is -2.35. The number of rotatable bonds is 8. The summed E-state index contributed by atoms with van der Waals surface area (Å²) in [6.07, 6.45) is 6.48. The number of nitrogens with zero attached hydrogens (tertiary/aromatic N) is 3. The molecule has 2 aliphatic carbocycles. The van der Waals surface area contributed by atoms with Crippen LogP contribution in [0.25, 0.3) is 0 Å². The molecule has 0 saturated heterocycles. The Morgan fingerprint density at radius 3 is 2.92 bits per heavy atom. The lowest BCUT2D eigenvalue weighted by Gasteiger charge is -2.12. The van der Waals surface area contributed by atoms with Crippen LogP contribution in [0.1, 0.15) is 50.1 Å². The van der Waals surface area contributed by atoms with Gasteiger partial charge in [-0.1, -0.05) is 11.8 Å². The topological polar surface area (TPSA) is 73.0 Å². The summed E-state index contributed by atoms with van der Waals surface area (Å²) in [4.78, 5) is 12.1. The van der Waals surface area contributed by atoms with Gasteiger partial charge in [-0.25, -0.2) is 0 Å². The highest BCUT2D eigenvalue weighted by Crippen LogP contribution is 2.40. The minimum atomic E-state index is 0.0694. The molecule has 2 aliphatic rings. The molecule has 0 bridgehead atoms. The Morgan fingerprint density at radius 2 is 2.25 bits per heavy atom. The fourth-order valence-electron chi connectivity index (χ4n) is 2.90. The molecule has 6 nitrogen and oxygen atoms in total. The molecule has 7 heteroatoms. The lowest BCUT2D eigenvalue weighted by molar-refractivity contribution is -0.119. The Labute approximate surface area is 145 Å². The van der Waals surface area contributed by atoms with Crippen LogP contribution in [0.3, 0.4) is 0 Å². The van der Waals surface area contributed by atoms with Crippen LogP contribution >= 0.6 is 11.8 Å². The number of aromatic nitrogens is 3. The SMILES string of the molecule is CC(NC(=O)CSc1nnc(C2CC2)n1Cc1ccco1)C1CC1. The minimum absolute atomic E-state index is 0.0694. The zero-order valence-corrected chi connectivity index (χ0v) is 14.6. The van der Waals surface area contributed by atoms with Gasteiger partial charge in [0.25, 0.3) is 0 Å². The van der Waals surface area contributed by atoms with Gasteiger partial charge in [-0.2, -0.15) is 0 Å². The molecule has 1 amide bonds. The van der Waals surface area contributed by atoms with Crippen LogP contribution in [0.5, 0.6) is 0 Å². The summed E-state index contributed by atoms with van der Waals surface area (Å²) in [5.41, 5.74) is 0. The van der Waals surface area contributed by atoms with Gasteiger partial charge >= 0.3 is 0 Å². The van der Waals surface area contributed by atoms with Crippen molar-refractivity contribution in [1.29, 1.82) is 0 Å². The third-order valence-electron chi connectivity index (χ3n) is 4.63. The molecule has 128 valence electrons. The van der Waals surface area contributed by atoms with Gasteiger partial charge in [0.15, 0.2) is 5.16 Å². The number of nitrogens with one attached hydrogen (secondary N) is 1. The molecule has 0 aliphatic heterocycles. The van der Waals surface area contributed by atoms with E-state index in [1.54, 1.807) is 6.26 Å². The summed E-state index contributed by atoms with van der Waals surface area (Å²) < 4.78 is 7.56. The summed E-state index contributed by atoms with van der Waals surface area (Å²) in [6.45, 7) is 2.71. The highest BCUT2D eigenvalue weighted by atomic mass is 32.2. The van der Waals surface area contributed by atoms with Gasteiger partial charge in [0.05, 0.1) is 18.6 Å². The molecule has 1 atom stereocenters. The molecule has 0 spiro atoms. The monoisotopic (exact) mass is 346 g/mol. The van der Waals surface area contributed by atoms with Gasteiger partial charge in [-0.15, -0.1) is 10.2 Å². The molecule has 24 heavy (non-hydrogen) atoms. The van der Waals surface area contributed by atoms with Gasteiger partial charge in [0, 0.05) is 12.0 Å². The first-order chi connectivity index (χ1) is 11.7. The first-order valence-electron chi connectivity index (χ1n) is 8.58. The zero-order valence-electron chi connectivity index (χ0n) is 13.8. The molecule has 1 unspecified atom stereocenters. The summed E-state index contributed by atoms with van der Waals surface area (Å²) in [5.74, 6) is 3.51. The lowest BCUT2D eigenvalue weighted by atomic mass is 10.2. The smallest absolute Gasteiger partial charge is 0.230 e. The largest absolute Gasteiger partial charge is 0.467 e. The molecule has 1 N–H and O–H groups in total. The van der Waals surface area contributed by atoms with Crippen LogP contribution in [-0.4, -0.2) is 32.5 Å². The van der Waals surface area contributed by atoms with Gasteiger partial charge < -0.3 is 9.73 Å². The maximum Gasteiger partial charge on any atom is 0.230 e. The average molecular weight is 346 g/mol. The maximum absolute atomic E-state index is 12.1. The van der Waals surface area contributed by atoms with Crippen molar-refractivity contribution in [2.75, 3.05) is 5.75 Å². The van der Waals surface area contributed by atoms with Crippen LogP contribution in [0.4, 0.5) is 0 Å². The molecule has 4 rings (SSSR count). The van der Waals surface area contributed by atoms with Crippen LogP contribution in [0.2, 0.25) is 0 Å². The highest BCUT2D eigenvalue weighted by molar-refractivity contribution is 7.99. The molecule has 0 aromatic carbocycles. The predicted octanol–water partition coefficient (Wildman–Crippen LogP) is 2.80. The summed E-state index contributed by atoms with van der Waals surface area (Å²) in [5, 5.41) is 12.5. The van der Waals surface area contributed by atoms with Crippen molar-refractivity contribution in [3.8, 4) is 0 Å². The highest BCUT2D eigenvalue weighted by Gasteiger charge is 2.31. The van der Waals surface area contributed by atoms with Crippen LogP contribution in [-0.2, 0) is 11.3 Å². The van der Waals surface area contributed by atoms with Crippen molar-refractivity contribution in [3.63, 3.8) is 0 Å². The fraction of sp³-hybridized carbons (Fsp3) is 0.588. The molecule has 2 aromatic rings. The van der Waals surface area contributed by atoms with E-state index in [9.17, 15) is 4.79 Å². The van der Waals surface area contributed by atoms with Crippen molar-refractivity contribution in [3.05, 3.63) is 30.0 Å². The van der Waals surface area contributed by atoms with Crippen molar-refractivity contribution in [1.82, 2.24) is 20.1 Å². The maximum atomic E-state index is 12.1. The van der Waals surface area contributed by atoms with Crippen LogP contribution in [0, 0.1) is 5.92 Å². The average Bonchev–Trinajstić information content (AvgIpc) is 3.49. The zero-order chi connectivity index (χ0) is 16.5. The van der Waals surface area contributed by atoms with Gasteiger partial charge in [-0.3, -0.25) is 9.36 Å². The van der Waals surface area contributed by atoms with Crippen molar-refractivity contribution in [2.24, 2.45) is 5.92 Å². The third-order valence-corrected chi connectivity index (χ3v) is 5.60. The van der Waals surface area contributed by atoms with E-state index >= 15 is 0 Å². The van der Waals surface area contributed by atoms with Crippen LogP contribution < -0.4 is 5.32 Å². The van der Waals surface area contributed by atoms with Gasteiger partial charge in [0.1, 0.15) is 11.6 Å². The van der Waals surface area contributed by atoms with Crippen molar-refractivity contribution >= 4 is 17.7 Å². The molecular weight excluding hydrogens is 324 g/mol. The molecule has 2 aromatic heterocycles. The first-order valence-corrected chi connectivity index (χ1v) is 9.57. The number of carbonyl (C=O) groups excluding carboxylic acids is 1. The van der Waals surface area contributed by atoms with E-state index in [0.29, 0.717) is 24.1 Å². The molecule has 0 radical (unpaired) electrons. The second-order valence-corrected chi connectivity index (χ2v) is 7.71. The van der Waals surface area contributed by atoms with Crippen molar-refractivity contribution < 1.29 is 9.21 Å². The van der Waals surface area contributed by atoms with E-state index in [4.69, 9.17) is 4.42 Å². The summed E-state index contributed by atoms with van der Waals surface area (Å²) in [7, 11) is 0. The van der Waals surface area contributed by atoms with Crippen LogP contribution in [0.15, 0.2) is 28.0 Å². The Kier molecular flexibility index (Phi) is 4.35. The Bertz CT molecular complexity index is 704. The van der Waals surface area contributed by atoms with E-state index in [2.05, 4.69) is 27.0 Å². The minimum Gasteiger partial charge on any atom is -0.467 e. The van der Waals surface area contributed by atoms with Gasteiger partial charge in [0.2, 0.25) is 5.91 Å². The quantitative estimate of drug-likeness (QED) is 0.744. The molecule has 2 fully saturated rings. The second kappa shape index (κ2) is 6.63. The summed E-state index contributed by atoms with van der Waals surface area (Å²) in [6, 6.07) is 4.12. The predicted molar refractivity (Wildman–Crippen MR) is 90.9 cm³/mol. The van der Waals surface area contributed by atoms with Crippen molar-refractivity contribution in [2.45, 2.75) is 56.3 Å². The Balaban J connectivity index is 1.41. The number of carbonyl (C=O) groups is 1. The fourth-order valence-corrected chi connectivity index (χ4v) is 3.65. The number of amides is 1. The van der Waals surface area contributed by atoms with E-state index in [-0.39, 0.29) is 11.9 Å². The molecule has 2 saturated carbocycles. The van der Waals surface area contributed by atoms with E-state index < -0.39 is 0 Å². The normalized spacial score (nSPS) is 18.5. The van der Waals surface area contributed by atoms with Gasteiger partial charge in [-0.05, 0) is 50.7 Å². The third kappa shape index (κ3) is 3.66. The van der Waals surface area contributed by atoms with E-state index in [1.807, 2.05) is 12.1 Å². The second-order valence-electron chi connectivity index (χ2n) is 6.76. The van der Waals surface area contributed by atoms with E-state index in [1.165, 1.54) is 37.4 Å². The number of hydrogen-bond donors (Lipinski definition) is 1. The number of thioether (sulfide) groups is 1. The number of hydrogen-bond acceptors (Lipinski definition) is 5. The van der Waals surface area contributed by atoms with E-state index in [0.717, 1.165) is 16.7 Å².